The molecule has 2 amide bonds. The molecular formula is C23H29ClN4O4. The summed E-state index contributed by atoms with van der Waals surface area (Å²) < 4.78 is 6.16. The summed E-state index contributed by atoms with van der Waals surface area (Å²) in [6.45, 7) is 5.95. The van der Waals surface area contributed by atoms with Gasteiger partial charge < -0.3 is 10.1 Å². The minimum atomic E-state index is -1.27. The number of nitrogens with one attached hydrogen (secondary N) is 1. The molecule has 0 aliphatic carbocycles. The molecule has 1 aliphatic heterocycles. The van der Waals surface area contributed by atoms with E-state index in [0.717, 1.165) is 25.7 Å². The van der Waals surface area contributed by atoms with E-state index in [9.17, 15) is 14.4 Å². The number of rotatable bonds is 8. The van der Waals surface area contributed by atoms with Crippen LogP contribution in [0.3, 0.4) is 0 Å². The van der Waals surface area contributed by atoms with Crippen LogP contribution in [0.4, 0.5) is 5.69 Å². The van der Waals surface area contributed by atoms with Crippen LogP contribution in [0.2, 0.25) is 5.02 Å². The number of amides is 2. The van der Waals surface area contributed by atoms with Gasteiger partial charge in [0.1, 0.15) is 11.2 Å². The van der Waals surface area contributed by atoms with Crippen molar-refractivity contribution in [2.75, 3.05) is 12.0 Å². The van der Waals surface area contributed by atoms with Gasteiger partial charge in [-0.25, -0.2) is 4.79 Å². The lowest BCUT2D eigenvalue weighted by Crippen LogP contribution is -2.65. The number of halogens is 1. The van der Waals surface area contributed by atoms with Gasteiger partial charge in [-0.1, -0.05) is 38.3 Å². The third kappa shape index (κ3) is 4.50. The number of methoxy groups -OCH3 is 1. The zero-order valence-corrected chi connectivity index (χ0v) is 19.6. The summed E-state index contributed by atoms with van der Waals surface area (Å²) in [5.74, 6) is -1.34. The van der Waals surface area contributed by atoms with Gasteiger partial charge in [-0.2, -0.15) is 5.10 Å². The van der Waals surface area contributed by atoms with Crippen LogP contribution in [0.5, 0.6) is 0 Å². The third-order valence-corrected chi connectivity index (χ3v) is 5.98. The summed E-state index contributed by atoms with van der Waals surface area (Å²) in [4.78, 5) is 40.7. The van der Waals surface area contributed by atoms with Crippen LogP contribution < -0.4 is 10.2 Å². The Labute approximate surface area is 192 Å². The van der Waals surface area contributed by atoms with Crippen molar-refractivity contribution < 1.29 is 19.1 Å². The maximum Gasteiger partial charge on any atom is 0.358 e. The van der Waals surface area contributed by atoms with Crippen molar-refractivity contribution >= 4 is 35.1 Å². The Morgan fingerprint density at radius 1 is 1.22 bits per heavy atom. The number of nitrogens with zero attached hydrogens (tertiary/aromatic N) is 3. The molecule has 0 saturated carbocycles. The molecular weight excluding hydrogens is 432 g/mol. The number of hydrogen-bond acceptors (Lipinski definition) is 5. The summed E-state index contributed by atoms with van der Waals surface area (Å²) in [5, 5.41) is 7.90. The molecule has 172 valence electrons. The Kier molecular flexibility index (Phi) is 7.23. The van der Waals surface area contributed by atoms with Crippen LogP contribution in [0, 0.1) is 0 Å². The zero-order chi connectivity index (χ0) is 23.5. The first-order valence-corrected chi connectivity index (χ1v) is 11.2. The molecule has 0 radical (unpaired) electrons. The second-order valence-corrected chi connectivity index (χ2v) is 8.64. The van der Waals surface area contributed by atoms with E-state index in [-0.39, 0.29) is 29.9 Å². The predicted octanol–water partition coefficient (Wildman–Crippen LogP) is 3.83. The minimum absolute atomic E-state index is 0.0149. The minimum Gasteiger partial charge on any atom is -0.464 e. The normalized spacial score (nSPS) is 17.9. The quantitative estimate of drug-likeness (QED) is 0.604. The molecule has 2 heterocycles. The van der Waals surface area contributed by atoms with Gasteiger partial charge in [0, 0.05) is 22.8 Å². The van der Waals surface area contributed by atoms with Crippen molar-refractivity contribution in [1.82, 2.24) is 15.1 Å². The van der Waals surface area contributed by atoms with Crippen molar-refractivity contribution in [2.45, 2.75) is 64.6 Å². The molecule has 1 atom stereocenters. The molecule has 1 unspecified atom stereocenters. The Hall–Kier alpha value is -2.87. The van der Waals surface area contributed by atoms with Crippen LogP contribution in [-0.4, -0.2) is 46.3 Å². The van der Waals surface area contributed by atoms with Gasteiger partial charge >= 0.3 is 5.97 Å². The van der Waals surface area contributed by atoms with Crippen molar-refractivity contribution in [3.8, 4) is 0 Å². The molecule has 0 bridgehead atoms. The second kappa shape index (κ2) is 9.73. The SMILES string of the molecule is CCCC(CCC)NC(=O)C1(C)Cn2nc(C(=O)OC)cc2C(=O)N1c1ccc(Cl)cc1. The number of anilines is 1. The smallest absolute Gasteiger partial charge is 0.358 e. The molecule has 2 aromatic rings. The maximum absolute atomic E-state index is 13.6. The molecule has 1 N–H and O–H groups in total. The number of fused-ring (bicyclic) bond motifs is 1. The van der Waals surface area contributed by atoms with E-state index in [1.807, 2.05) is 0 Å². The molecule has 1 aromatic carbocycles. The summed E-state index contributed by atoms with van der Waals surface area (Å²) in [7, 11) is 1.25. The Bertz CT molecular complexity index is 998. The molecule has 0 spiro atoms. The molecule has 3 rings (SSSR count). The summed E-state index contributed by atoms with van der Waals surface area (Å²) >= 11 is 6.05. The van der Waals surface area contributed by atoms with Gasteiger partial charge in [-0.15, -0.1) is 0 Å². The van der Waals surface area contributed by atoms with Crippen molar-refractivity contribution in [2.24, 2.45) is 0 Å². The van der Waals surface area contributed by atoms with Gasteiger partial charge in [0.15, 0.2) is 5.69 Å². The topological polar surface area (TPSA) is 93.5 Å². The van der Waals surface area contributed by atoms with Gasteiger partial charge in [0.25, 0.3) is 5.91 Å². The summed E-state index contributed by atoms with van der Waals surface area (Å²) in [6.07, 6.45) is 3.58. The highest BCUT2D eigenvalue weighted by atomic mass is 35.5. The number of benzene rings is 1. The van der Waals surface area contributed by atoms with Crippen LogP contribution in [0.1, 0.15) is 67.4 Å². The number of hydrogen-bond donors (Lipinski definition) is 1. The lowest BCUT2D eigenvalue weighted by atomic mass is 9.93. The average Bonchev–Trinajstić information content (AvgIpc) is 3.19. The molecule has 8 nitrogen and oxygen atoms in total. The van der Waals surface area contributed by atoms with Crippen LogP contribution in [0.25, 0.3) is 0 Å². The monoisotopic (exact) mass is 460 g/mol. The predicted molar refractivity (Wildman–Crippen MR) is 122 cm³/mol. The number of ether oxygens (including phenoxy) is 1. The fourth-order valence-electron chi connectivity index (χ4n) is 4.11. The van der Waals surface area contributed by atoms with Crippen LogP contribution in [0.15, 0.2) is 30.3 Å². The molecule has 32 heavy (non-hydrogen) atoms. The number of carbonyl (C=O) groups is 3. The largest absolute Gasteiger partial charge is 0.464 e. The first-order valence-electron chi connectivity index (χ1n) is 10.8. The third-order valence-electron chi connectivity index (χ3n) is 5.73. The molecule has 0 saturated heterocycles. The van der Waals surface area contributed by atoms with Crippen molar-refractivity contribution in [3.63, 3.8) is 0 Å². The molecule has 0 fully saturated rings. The zero-order valence-electron chi connectivity index (χ0n) is 18.9. The van der Waals surface area contributed by atoms with Crippen molar-refractivity contribution in [1.29, 1.82) is 0 Å². The Balaban J connectivity index is 2.06. The van der Waals surface area contributed by atoms with Crippen molar-refractivity contribution in [3.05, 3.63) is 46.7 Å². The Morgan fingerprint density at radius 2 is 1.84 bits per heavy atom. The van der Waals surface area contributed by atoms with Gasteiger partial charge in [-0.05, 0) is 44.0 Å². The van der Waals surface area contributed by atoms with Crippen LogP contribution >= 0.6 is 11.6 Å². The first kappa shape index (κ1) is 23.8. The standard InChI is InChI=1S/C23H29ClN4O4/c1-5-7-16(8-6-2)25-22(31)23(3)14-27-19(13-18(26-27)21(30)32-4)20(29)28(23)17-11-9-15(24)10-12-17/h9-13,16H,5-8,14H2,1-4H3,(H,25,31). The lowest BCUT2D eigenvalue weighted by molar-refractivity contribution is -0.127. The van der Waals surface area contributed by atoms with E-state index in [4.69, 9.17) is 16.3 Å². The van der Waals surface area contributed by atoms with E-state index in [2.05, 4.69) is 24.3 Å². The highest BCUT2D eigenvalue weighted by Gasteiger charge is 2.49. The van der Waals surface area contributed by atoms with E-state index < -0.39 is 17.4 Å². The molecule has 1 aromatic heterocycles. The van der Waals surface area contributed by atoms with E-state index >= 15 is 0 Å². The molecule has 9 heteroatoms. The van der Waals surface area contributed by atoms with E-state index in [1.54, 1.807) is 31.2 Å². The van der Waals surface area contributed by atoms with E-state index in [0.29, 0.717) is 10.7 Å². The number of esters is 1. The van der Waals surface area contributed by atoms with Gasteiger partial charge in [0.05, 0.1) is 13.7 Å². The number of carbonyl (C=O) groups excluding carboxylic acids is 3. The highest BCUT2D eigenvalue weighted by molar-refractivity contribution is 6.30. The van der Waals surface area contributed by atoms with Gasteiger partial charge in [-0.3, -0.25) is 19.2 Å². The lowest BCUT2D eigenvalue weighted by Gasteiger charge is -2.43. The molecule has 1 aliphatic rings. The fraction of sp³-hybridized carbons (Fsp3) is 0.478. The highest BCUT2D eigenvalue weighted by Crippen LogP contribution is 2.33. The average molecular weight is 461 g/mol. The Morgan fingerprint density at radius 3 is 2.41 bits per heavy atom. The fourth-order valence-corrected chi connectivity index (χ4v) is 4.23. The summed E-state index contributed by atoms with van der Waals surface area (Å²) in [5.41, 5.74) is -0.501. The van der Waals surface area contributed by atoms with Crippen LogP contribution in [-0.2, 0) is 16.1 Å². The van der Waals surface area contributed by atoms with Gasteiger partial charge in [0.2, 0.25) is 5.91 Å². The first-order chi connectivity index (χ1) is 15.2. The maximum atomic E-state index is 13.6. The van der Waals surface area contributed by atoms with E-state index in [1.165, 1.54) is 22.8 Å². The number of aromatic nitrogens is 2. The second-order valence-electron chi connectivity index (χ2n) is 8.20. The summed E-state index contributed by atoms with van der Waals surface area (Å²) in [6, 6.07) is 8.16.